The SMILES string of the molecule is IC1c2ccccc2-c2oc3ccccc3c2-c2ccccc21. The molecule has 0 radical (unpaired) electrons. The standard InChI is InChI=1S/C21H13IO/c22-20-14-8-2-1-7-13(14)19-17-11-5-6-12-18(17)23-21(19)16-10-4-3-9-15(16)20/h1-12,20H. The molecule has 5 rings (SSSR count). The van der Waals surface area contributed by atoms with Crippen molar-refractivity contribution in [2.24, 2.45) is 0 Å². The molecule has 0 aliphatic heterocycles. The van der Waals surface area contributed by atoms with Crippen molar-refractivity contribution in [1.29, 1.82) is 0 Å². The van der Waals surface area contributed by atoms with Gasteiger partial charge in [0.25, 0.3) is 0 Å². The maximum absolute atomic E-state index is 6.30. The molecule has 0 N–H and O–H groups in total. The zero-order chi connectivity index (χ0) is 15.4. The van der Waals surface area contributed by atoms with Crippen molar-refractivity contribution < 1.29 is 4.42 Å². The first-order chi connectivity index (χ1) is 11.3. The fraction of sp³-hybridized carbons (Fsp3) is 0.0476. The Hall–Kier alpha value is -2.07. The summed E-state index contributed by atoms with van der Waals surface area (Å²) in [5.41, 5.74) is 7.33. The molecular weight excluding hydrogens is 395 g/mol. The fourth-order valence-corrected chi connectivity index (χ4v) is 4.63. The van der Waals surface area contributed by atoms with E-state index < -0.39 is 0 Å². The van der Waals surface area contributed by atoms with Gasteiger partial charge in [0.1, 0.15) is 11.3 Å². The van der Waals surface area contributed by atoms with Gasteiger partial charge in [0.2, 0.25) is 0 Å². The Morgan fingerprint density at radius 2 is 1.30 bits per heavy atom. The number of alkyl halides is 1. The number of rotatable bonds is 0. The molecule has 0 amide bonds. The summed E-state index contributed by atoms with van der Waals surface area (Å²) < 4.78 is 6.62. The molecule has 0 saturated heterocycles. The summed E-state index contributed by atoms with van der Waals surface area (Å²) in [7, 11) is 0. The van der Waals surface area contributed by atoms with Crippen LogP contribution in [0.4, 0.5) is 0 Å². The van der Waals surface area contributed by atoms with E-state index in [1.54, 1.807) is 0 Å². The third-order valence-corrected chi connectivity index (χ3v) is 5.92. The van der Waals surface area contributed by atoms with Crippen LogP contribution in [0.5, 0.6) is 0 Å². The van der Waals surface area contributed by atoms with Crippen LogP contribution >= 0.6 is 22.6 Å². The van der Waals surface area contributed by atoms with Gasteiger partial charge in [-0.1, -0.05) is 89.3 Å². The third-order valence-electron chi connectivity index (χ3n) is 4.58. The number of fused-ring (bicyclic) bond motifs is 7. The lowest BCUT2D eigenvalue weighted by Gasteiger charge is -2.13. The summed E-state index contributed by atoms with van der Waals surface area (Å²) in [5.74, 6) is 0.994. The molecule has 1 atom stereocenters. The van der Waals surface area contributed by atoms with E-state index in [0.717, 1.165) is 11.3 Å². The number of halogens is 1. The number of furan rings is 1. The van der Waals surface area contributed by atoms with Gasteiger partial charge in [0, 0.05) is 16.5 Å². The van der Waals surface area contributed by atoms with Gasteiger partial charge in [0.05, 0.1) is 3.92 Å². The van der Waals surface area contributed by atoms with E-state index in [9.17, 15) is 0 Å². The summed E-state index contributed by atoms with van der Waals surface area (Å²) in [6.45, 7) is 0. The quantitative estimate of drug-likeness (QED) is 0.236. The van der Waals surface area contributed by atoms with Crippen LogP contribution in [0.3, 0.4) is 0 Å². The van der Waals surface area contributed by atoms with Crippen LogP contribution in [0.15, 0.2) is 77.2 Å². The Morgan fingerprint density at radius 3 is 2.13 bits per heavy atom. The van der Waals surface area contributed by atoms with Crippen molar-refractivity contribution in [2.75, 3.05) is 0 Å². The molecule has 23 heavy (non-hydrogen) atoms. The van der Waals surface area contributed by atoms with Crippen molar-refractivity contribution in [1.82, 2.24) is 0 Å². The maximum Gasteiger partial charge on any atom is 0.143 e. The largest absolute Gasteiger partial charge is 0.455 e. The Labute approximate surface area is 148 Å². The summed E-state index contributed by atoms with van der Waals surface area (Å²) in [5, 5.41) is 1.19. The lowest BCUT2D eigenvalue weighted by Crippen LogP contribution is -1.94. The molecule has 0 saturated carbocycles. The molecule has 0 spiro atoms. The van der Waals surface area contributed by atoms with Gasteiger partial charge < -0.3 is 4.42 Å². The predicted molar refractivity (Wildman–Crippen MR) is 103 cm³/mol. The van der Waals surface area contributed by atoms with Crippen LogP contribution in [0.2, 0.25) is 0 Å². The molecule has 1 unspecified atom stereocenters. The number of benzene rings is 3. The molecule has 0 bridgehead atoms. The van der Waals surface area contributed by atoms with Gasteiger partial charge >= 0.3 is 0 Å². The van der Waals surface area contributed by atoms with Gasteiger partial charge in [-0.15, -0.1) is 0 Å². The smallest absolute Gasteiger partial charge is 0.143 e. The van der Waals surface area contributed by atoms with Crippen LogP contribution in [-0.4, -0.2) is 0 Å². The average Bonchev–Trinajstić information content (AvgIpc) is 2.96. The Morgan fingerprint density at radius 1 is 0.696 bits per heavy atom. The van der Waals surface area contributed by atoms with Crippen molar-refractivity contribution in [2.45, 2.75) is 3.92 Å². The van der Waals surface area contributed by atoms with Crippen LogP contribution < -0.4 is 0 Å². The summed E-state index contributed by atoms with van der Waals surface area (Å²) >= 11 is 2.54. The number of para-hydroxylation sites is 1. The molecule has 2 heteroatoms. The van der Waals surface area contributed by atoms with Crippen molar-refractivity contribution in [3.05, 3.63) is 83.9 Å². The Kier molecular flexibility index (Phi) is 2.89. The van der Waals surface area contributed by atoms with Gasteiger partial charge in [-0.3, -0.25) is 0 Å². The topological polar surface area (TPSA) is 13.1 Å². The van der Waals surface area contributed by atoms with E-state index in [2.05, 4.69) is 89.3 Å². The Balaban J connectivity index is 2.02. The molecule has 110 valence electrons. The van der Waals surface area contributed by atoms with E-state index in [1.807, 2.05) is 6.07 Å². The first-order valence-corrected chi connectivity index (χ1v) is 8.93. The number of hydrogen-bond acceptors (Lipinski definition) is 1. The Bertz CT molecular complexity index is 1040. The second-order valence-electron chi connectivity index (χ2n) is 5.84. The van der Waals surface area contributed by atoms with Gasteiger partial charge in [-0.25, -0.2) is 0 Å². The molecular formula is C21H13IO. The average molecular weight is 408 g/mol. The monoisotopic (exact) mass is 408 g/mol. The van der Waals surface area contributed by atoms with E-state index in [1.165, 1.54) is 33.2 Å². The second kappa shape index (κ2) is 4.96. The predicted octanol–water partition coefficient (Wildman–Crippen LogP) is 6.60. The molecule has 0 fully saturated rings. The third kappa shape index (κ3) is 1.84. The van der Waals surface area contributed by atoms with Gasteiger partial charge in [0.15, 0.2) is 0 Å². The highest BCUT2D eigenvalue weighted by molar-refractivity contribution is 14.1. The van der Waals surface area contributed by atoms with Crippen LogP contribution in [0.25, 0.3) is 33.4 Å². The van der Waals surface area contributed by atoms with Crippen LogP contribution in [0.1, 0.15) is 15.1 Å². The highest BCUT2D eigenvalue weighted by Crippen LogP contribution is 2.51. The first kappa shape index (κ1) is 13.4. The van der Waals surface area contributed by atoms with E-state index in [4.69, 9.17) is 4.42 Å². The summed E-state index contributed by atoms with van der Waals surface area (Å²) in [6.07, 6.45) is 0. The zero-order valence-corrected chi connectivity index (χ0v) is 14.4. The number of hydrogen-bond donors (Lipinski definition) is 0. The minimum Gasteiger partial charge on any atom is -0.455 e. The highest BCUT2D eigenvalue weighted by atomic mass is 127. The molecule has 1 nitrogen and oxygen atoms in total. The lowest BCUT2D eigenvalue weighted by atomic mass is 9.97. The lowest BCUT2D eigenvalue weighted by molar-refractivity contribution is 0.632. The minimum atomic E-state index is 0.321. The maximum atomic E-state index is 6.30. The fourth-order valence-electron chi connectivity index (χ4n) is 3.54. The van der Waals surface area contributed by atoms with Crippen molar-refractivity contribution in [3.63, 3.8) is 0 Å². The van der Waals surface area contributed by atoms with Crippen molar-refractivity contribution >= 4 is 33.6 Å². The zero-order valence-electron chi connectivity index (χ0n) is 12.3. The van der Waals surface area contributed by atoms with E-state index >= 15 is 0 Å². The molecule has 1 aliphatic carbocycles. The van der Waals surface area contributed by atoms with Crippen LogP contribution in [0, 0.1) is 0 Å². The first-order valence-electron chi connectivity index (χ1n) is 7.69. The summed E-state index contributed by atoms with van der Waals surface area (Å²) in [4.78, 5) is 0. The van der Waals surface area contributed by atoms with E-state index in [-0.39, 0.29) is 0 Å². The van der Waals surface area contributed by atoms with Crippen LogP contribution in [-0.2, 0) is 0 Å². The van der Waals surface area contributed by atoms with Crippen molar-refractivity contribution in [3.8, 4) is 22.5 Å². The molecule has 4 aromatic rings. The molecule has 3 aromatic carbocycles. The normalized spacial score (nSPS) is 15.6. The molecule has 1 aliphatic rings. The molecule has 1 aromatic heterocycles. The van der Waals surface area contributed by atoms with E-state index in [0.29, 0.717) is 3.92 Å². The molecule has 1 heterocycles. The minimum absolute atomic E-state index is 0.321. The highest BCUT2D eigenvalue weighted by Gasteiger charge is 2.28. The van der Waals surface area contributed by atoms with Gasteiger partial charge in [-0.2, -0.15) is 0 Å². The summed E-state index contributed by atoms with van der Waals surface area (Å²) in [6, 6.07) is 25.6. The van der Waals surface area contributed by atoms with Gasteiger partial charge in [-0.05, 0) is 22.8 Å². The second-order valence-corrected chi connectivity index (χ2v) is 7.09.